The van der Waals surface area contributed by atoms with Crippen molar-refractivity contribution in [2.45, 2.75) is 54.8 Å². The van der Waals surface area contributed by atoms with Gasteiger partial charge in [-0.25, -0.2) is 21.8 Å². The zero-order valence-corrected chi connectivity index (χ0v) is 21.7. The summed E-state index contributed by atoms with van der Waals surface area (Å²) in [6, 6.07) is 12.6. The normalized spacial score (nSPS) is 16.6. The molecule has 0 radical (unpaired) electrons. The molecule has 0 amide bonds. The van der Waals surface area contributed by atoms with Gasteiger partial charge in [0.15, 0.2) is 9.84 Å². The fourth-order valence-corrected chi connectivity index (χ4v) is 7.45. The van der Waals surface area contributed by atoms with E-state index in [2.05, 4.69) is 19.4 Å². The lowest BCUT2D eigenvalue weighted by Crippen LogP contribution is -2.18. The quantitative estimate of drug-likeness (QED) is 0.330. The van der Waals surface area contributed by atoms with Crippen molar-refractivity contribution in [2.75, 3.05) is 16.2 Å². The average Bonchev–Trinajstić information content (AvgIpc) is 3.52. The summed E-state index contributed by atoms with van der Waals surface area (Å²) in [4.78, 5) is 4.11. The van der Waals surface area contributed by atoms with Gasteiger partial charge in [0.1, 0.15) is 12.7 Å². The highest BCUT2D eigenvalue weighted by Gasteiger charge is 2.35. The Balaban J connectivity index is 1.37. The highest BCUT2D eigenvalue weighted by Crippen LogP contribution is 2.44. The van der Waals surface area contributed by atoms with Crippen LogP contribution in [0.15, 0.2) is 60.0 Å². The zero-order chi connectivity index (χ0) is 25.8. The number of nitrogens with two attached hydrogens (primary N) is 1. The molecule has 0 saturated heterocycles. The second-order valence-electron chi connectivity index (χ2n) is 9.80. The third kappa shape index (κ3) is 4.48. The summed E-state index contributed by atoms with van der Waals surface area (Å²) in [5.41, 5.74) is 10.2. The Hall–Kier alpha value is -3.38. The van der Waals surface area contributed by atoms with Crippen LogP contribution in [0.2, 0.25) is 0 Å². The summed E-state index contributed by atoms with van der Waals surface area (Å²) in [7, 11) is -6.91. The van der Waals surface area contributed by atoms with E-state index in [-0.39, 0.29) is 28.5 Å². The van der Waals surface area contributed by atoms with Gasteiger partial charge in [-0.1, -0.05) is 12.1 Å². The number of fused-ring (bicyclic) bond motifs is 1. The number of nitrogens with one attached hydrogen (secondary N) is 1. The summed E-state index contributed by atoms with van der Waals surface area (Å²) in [6.45, 7) is 0.217. The molecule has 12 heteroatoms. The van der Waals surface area contributed by atoms with E-state index in [1.807, 2.05) is 12.1 Å². The number of sulfonamides is 1. The minimum Gasteiger partial charge on any atom is -0.396 e. The van der Waals surface area contributed by atoms with Crippen LogP contribution < -0.4 is 10.5 Å². The molecule has 10 nitrogen and oxygen atoms in total. The first-order valence-electron chi connectivity index (χ1n) is 12.3. The molecule has 0 unspecified atom stereocenters. The number of hydrogen-bond acceptors (Lipinski definition) is 7. The van der Waals surface area contributed by atoms with Crippen LogP contribution in [0.3, 0.4) is 0 Å². The lowest BCUT2D eigenvalue weighted by molar-refractivity contribution is 0.324. The Kier molecular flexibility index (Phi) is 5.75. The fraction of sp³-hybridized carbons (Fsp3) is 0.360. The van der Waals surface area contributed by atoms with Gasteiger partial charge in [-0.2, -0.15) is 5.10 Å². The van der Waals surface area contributed by atoms with Crippen molar-refractivity contribution in [3.63, 3.8) is 0 Å². The number of hydrogen-bond donors (Lipinski definition) is 2. The van der Waals surface area contributed by atoms with Crippen LogP contribution in [-0.2, 0) is 26.4 Å². The maximum Gasteiger partial charge on any atom is 0.235 e. The largest absolute Gasteiger partial charge is 0.396 e. The van der Waals surface area contributed by atoms with E-state index in [0.29, 0.717) is 24.2 Å². The molecule has 2 heterocycles. The van der Waals surface area contributed by atoms with Crippen LogP contribution in [0.4, 0.5) is 11.4 Å². The molecule has 2 aliphatic carbocycles. The SMILES string of the molecule is Nc1c(-c2ccc(NS(=O)(=O)C3CC3)cc2)n(C2CCC2)c2cc(S(=O)(=O)CCn3cncn3)ccc12. The van der Waals surface area contributed by atoms with Crippen LogP contribution in [0.5, 0.6) is 0 Å². The highest BCUT2D eigenvalue weighted by atomic mass is 32.2. The molecule has 4 aromatic rings. The molecule has 2 aromatic carbocycles. The Morgan fingerprint density at radius 1 is 1.00 bits per heavy atom. The summed E-state index contributed by atoms with van der Waals surface area (Å²) < 4.78 is 57.2. The van der Waals surface area contributed by atoms with Gasteiger partial charge in [0.25, 0.3) is 0 Å². The van der Waals surface area contributed by atoms with Gasteiger partial charge in [-0.05, 0) is 62.4 Å². The van der Waals surface area contributed by atoms with Crippen molar-refractivity contribution in [3.05, 3.63) is 55.1 Å². The first-order chi connectivity index (χ1) is 17.7. The molecule has 6 rings (SSSR count). The molecule has 0 atom stereocenters. The van der Waals surface area contributed by atoms with E-state index in [4.69, 9.17) is 5.73 Å². The number of nitrogen functional groups attached to an aromatic ring is 1. The second kappa shape index (κ2) is 8.88. The van der Waals surface area contributed by atoms with E-state index >= 15 is 0 Å². The molecule has 194 valence electrons. The van der Waals surface area contributed by atoms with Crippen molar-refractivity contribution in [1.82, 2.24) is 19.3 Å². The number of sulfone groups is 1. The molecule has 2 aliphatic rings. The first-order valence-corrected chi connectivity index (χ1v) is 15.5. The van der Waals surface area contributed by atoms with Gasteiger partial charge < -0.3 is 10.3 Å². The minimum absolute atomic E-state index is 0.0907. The summed E-state index contributed by atoms with van der Waals surface area (Å²) in [5, 5.41) is 4.49. The monoisotopic (exact) mass is 540 g/mol. The van der Waals surface area contributed by atoms with E-state index in [1.54, 1.807) is 30.3 Å². The topological polar surface area (TPSA) is 142 Å². The first kappa shape index (κ1) is 24.0. The number of aromatic nitrogens is 4. The summed E-state index contributed by atoms with van der Waals surface area (Å²) >= 11 is 0. The van der Waals surface area contributed by atoms with Gasteiger partial charge in [-0.3, -0.25) is 9.40 Å². The Bertz CT molecular complexity index is 1670. The summed E-state index contributed by atoms with van der Waals surface area (Å²) in [6.07, 6.45) is 7.34. The van der Waals surface area contributed by atoms with Gasteiger partial charge in [0.2, 0.25) is 10.0 Å². The Labute approximate surface area is 215 Å². The Morgan fingerprint density at radius 2 is 1.76 bits per heavy atom. The number of anilines is 2. The van der Waals surface area contributed by atoms with Crippen molar-refractivity contribution >= 4 is 42.1 Å². The third-order valence-electron chi connectivity index (χ3n) is 7.25. The molecular weight excluding hydrogens is 512 g/mol. The molecule has 0 bridgehead atoms. The van der Waals surface area contributed by atoms with Gasteiger partial charge in [-0.15, -0.1) is 0 Å². The maximum absolute atomic E-state index is 13.1. The number of benzene rings is 2. The number of rotatable bonds is 9. The van der Waals surface area contributed by atoms with Crippen LogP contribution in [0, 0.1) is 0 Å². The maximum atomic E-state index is 13.1. The third-order valence-corrected chi connectivity index (χ3v) is 10.8. The van der Waals surface area contributed by atoms with E-state index in [9.17, 15) is 16.8 Å². The van der Waals surface area contributed by atoms with Crippen molar-refractivity contribution in [1.29, 1.82) is 0 Å². The smallest absolute Gasteiger partial charge is 0.235 e. The predicted molar refractivity (Wildman–Crippen MR) is 142 cm³/mol. The predicted octanol–water partition coefficient (Wildman–Crippen LogP) is 3.59. The molecular formula is C25H28N6O4S2. The van der Waals surface area contributed by atoms with Gasteiger partial charge in [0.05, 0.1) is 39.3 Å². The van der Waals surface area contributed by atoms with E-state index in [0.717, 1.165) is 41.4 Å². The van der Waals surface area contributed by atoms with Gasteiger partial charge >= 0.3 is 0 Å². The molecule has 3 N–H and O–H groups in total. The molecule has 2 saturated carbocycles. The van der Waals surface area contributed by atoms with Crippen LogP contribution >= 0.6 is 0 Å². The lowest BCUT2D eigenvalue weighted by atomic mass is 9.92. The van der Waals surface area contributed by atoms with Crippen molar-refractivity contribution in [3.8, 4) is 11.3 Å². The second-order valence-corrected chi connectivity index (χ2v) is 13.9. The van der Waals surface area contributed by atoms with Crippen molar-refractivity contribution < 1.29 is 16.8 Å². The van der Waals surface area contributed by atoms with Gasteiger partial charge in [0, 0.05) is 22.7 Å². The van der Waals surface area contributed by atoms with E-state index in [1.165, 1.54) is 17.3 Å². The van der Waals surface area contributed by atoms with E-state index < -0.39 is 19.9 Å². The average molecular weight is 541 g/mol. The summed E-state index contributed by atoms with van der Waals surface area (Å²) in [5.74, 6) is -0.0907. The molecule has 2 fully saturated rings. The fourth-order valence-electron chi connectivity index (χ4n) is 4.83. The molecule has 0 aliphatic heterocycles. The minimum atomic E-state index is -3.56. The lowest BCUT2D eigenvalue weighted by Gasteiger charge is -2.30. The Morgan fingerprint density at radius 3 is 2.38 bits per heavy atom. The van der Waals surface area contributed by atoms with Crippen LogP contribution in [0.25, 0.3) is 22.2 Å². The van der Waals surface area contributed by atoms with Crippen molar-refractivity contribution in [2.24, 2.45) is 0 Å². The molecule has 2 aromatic heterocycles. The molecule has 37 heavy (non-hydrogen) atoms. The van der Waals surface area contributed by atoms with Crippen LogP contribution in [-0.4, -0.2) is 47.2 Å². The van der Waals surface area contributed by atoms with Crippen LogP contribution in [0.1, 0.15) is 38.1 Å². The standard InChI is InChI=1S/C25H28N6O4S2/c26-24-22-11-10-21(36(32,33)13-12-30-16-27-15-28-30)14-23(22)31(19-2-1-3-19)25(24)17-4-6-18(7-5-17)29-37(34,35)20-8-9-20/h4-7,10-11,14-16,19-20,29H,1-3,8-9,12-13,26H2. The highest BCUT2D eigenvalue weighted by molar-refractivity contribution is 7.93. The molecule has 0 spiro atoms. The number of nitrogens with zero attached hydrogens (tertiary/aromatic N) is 4. The number of aryl methyl sites for hydroxylation is 1. The zero-order valence-electron chi connectivity index (χ0n) is 20.1.